The highest BCUT2D eigenvalue weighted by Gasteiger charge is 2.29. The van der Waals surface area contributed by atoms with E-state index in [1.165, 1.54) is 6.26 Å². The van der Waals surface area contributed by atoms with Crippen LogP contribution in [0.4, 0.5) is 0 Å². The fourth-order valence-corrected chi connectivity index (χ4v) is 2.86. The van der Waals surface area contributed by atoms with Gasteiger partial charge in [0.1, 0.15) is 5.37 Å². The molecule has 0 spiro atoms. The third kappa shape index (κ3) is 2.93. The summed E-state index contributed by atoms with van der Waals surface area (Å²) in [5, 5.41) is 2.79. The van der Waals surface area contributed by atoms with E-state index >= 15 is 0 Å². The number of nitrogens with zero attached hydrogens (tertiary/aromatic N) is 1. The van der Waals surface area contributed by atoms with Crippen LogP contribution < -0.4 is 5.32 Å². The van der Waals surface area contributed by atoms with Gasteiger partial charge in [0.2, 0.25) is 0 Å². The minimum Gasteiger partial charge on any atom is -0.313 e. The van der Waals surface area contributed by atoms with Gasteiger partial charge >= 0.3 is 0 Å². The van der Waals surface area contributed by atoms with Crippen molar-refractivity contribution in [2.45, 2.75) is 18.7 Å². The minimum absolute atomic E-state index is 0.318. The predicted octanol–water partition coefficient (Wildman–Crippen LogP) is -0.328. The summed E-state index contributed by atoms with van der Waals surface area (Å²) in [4.78, 5) is 2.05. The molecule has 0 aromatic heterocycles. The first-order valence-corrected chi connectivity index (χ1v) is 6.64. The van der Waals surface area contributed by atoms with Crippen LogP contribution in [-0.4, -0.2) is 51.1 Å². The summed E-state index contributed by atoms with van der Waals surface area (Å²) in [7, 11) is -2.93. The van der Waals surface area contributed by atoms with Crippen LogP contribution in [0.2, 0.25) is 0 Å². The van der Waals surface area contributed by atoms with E-state index in [1.807, 2.05) is 4.90 Å². The van der Waals surface area contributed by atoms with Gasteiger partial charge in [0.25, 0.3) is 0 Å². The molecular weight excluding hydrogens is 188 g/mol. The van der Waals surface area contributed by atoms with Gasteiger partial charge in [-0.15, -0.1) is 0 Å². The summed E-state index contributed by atoms with van der Waals surface area (Å²) >= 11 is 0. The highest BCUT2D eigenvalue weighted by atomic mass is 32.2. The van der Waals surface area contributed by atoms with Gasteiger partial charge in [0.15, 0.2) is 9.84 Å². The standard InChI is InChI=1S/C8H18N2O2S/c1-3-5-10-6-4-9-7-8(10)13(2,11)12/h8-9H,3-7H2,1-2H3. The molecule has 78 valence electrons. The summed E-state index contributed by atoms with van der Waals surface area (Å²) in [5.41, 5.74) is 0. The lowest BCUT2D eigenvalue weighted by Gasteiger charge is -2.34. The molecule has 0 radical (unpaired) electrons. The maximum atomic E-state index is 11.4. The van der Waals surface area contributed by atoms with Crippen LogP contribution in [0.3, 0.4) is 0 Å². The van der Waals surface area contributed by atoms with Crippen molar-refractivity contribution in [2.75, 3.05) is 32.4 Å². The van der Waals surface area contributed by atoms with Crippen LogP contribution in [-0.2, 0) is 9.84 Å². The lowest BCUT2D eigenvalue weighted by Crippen LogP contribution is -2.54. The SMILES string of the molecule is CCCN1CCNCC1S(C)(=O)=O. The van der Waals surface area contributed by atoms with Crippen LogP contribution in [0.15, 0.2) is 0 Å². The lowest BCUT2D eigenvalue weighted by atomic mass is 10.3. The van der Waals surface area contributed by atoms with Crippen molar-refractivity contribution in [3.63, 3.8) is 0 Å². The Balaban J connectivity index is 2.67. The quantitative estimate of drug-likeness (QED) is 0.687. The molecule has 1 unspecified atom stereocenters. The molecular formula is C8H18N2O2S. The Labute approximate surface area is 80.2 Å². The molecule has 1 saturated heterocycles. The van der Waals surface area contributed by atoms with E-state index in [0.717, 1.165) is 26.1 Å². The average molecular weight is 206 g/mol. The molecule has 0 amide bonds. The monoisotopic (exact) mass is 206 g/mol. The van der Waals surface area contributed by atoms with Gasteiger partial charge in [0, 0.05) is 25.9 Å². The Bertz CT molecular complexity index is 249. The minimum atomic E-state index is -2.93. The number of sulfone groups is 1. The Morgan fingerprint density at radius 1 is 1.54 bits per heavy atom. The molecule has 1 aliphatic rings. The Hall–Kier alpha value is -0.130. The fourth-order valence-electron chi connectivity index (χ4n) is 1.69. The third-order valence-corrected chi connectivity index (χ3v) is 3.76. The molecule has 1 rings (SSSR count). The predicted molar refractivity (Wildman–Crippen MR) is 53.4 cm³/mol. The molecule has 1 aliphatic heterocycles. The van der Waals surface area contributed by atoms with E-state index in [4.69, 9.17) is 0 Å². The molecule has 0 saturated carbocycles. The summed E-state index contributed by atoms with van der Waals surface area (Å²) in [6, 6.07) is 0. The topological polar surface area (TPSA) is 49.4 Å². The zero-order valence-electron chi connectivity index (χ0n) is 8.28. The van der Waals surface area contributed by atoms with Crippen LogP contribution in [0.5, 0.6) is 0 Å². The summed E-state index contributed by atoms with van der Waals surface area (Å²) in [5.74, 6) is 0. The van der Waals surface area contributed by atoms with E-state index < -0.39 is 9.84 Å². The van der Waals surface area contributed by atoms with Gasteiger partial charge < -0.3 is 5.32 Å². The van der Waals surface area contributed by atoms with Gasteiger partial charge in [-0.05, 0) is 13.0 Å². The van der Waals surface area contributed by atoms with Crippen molar-refractivity contribution in [1.82, 2.24) is 10.2 Å². The average Bonchev–Trinajstić information content (AvgIpc) is 2.04. The van der Waals surface area contributed by atoms with Gasteiger partial charge in [0.05, 0.1) is 0 Å². The second-order valence-corrected chi connectivity index (χ2v) is 5.73. The highest BCUT2D eigenvalue weighted by Crippen LogP contribution is 2.09. The van der Waals surface area contributed by atoms with E-state index in [1.54, 1.807) is 0 Å². The van der Waals surface area contributed by atoms with Crippen LogP contribution in [0.1, 0.15) is 13.3 Å². The van der Waals surface area contributed by atoms with Crippen LogP contribution in [0, 0.1) is 0 Å². The normalized spacial score (nSPS) is 26.2. The maximum Gasteiger partial charge on any atom is 0.164 e. The van der Waals surface area contributed by atoms with Gasteiger partial charge in [-0.3, -0.25) is 4.90 Å². The molecule has 5 heteroatoms. The van der Waals surface area contributed by atoms with Crippen molar-refractivity contribution in [1.29, 1.82) is 0 Å². The third-order valence-electron chi connectivity index (χ3n) is 2.31. The molecule has 0 bridgehead atoms. The lowest BCUT2D eigenvalue weighted by molar-refractivity contribution is 0.211. The van der Waals surface area contributed by atoms with E-state index in [2.05, 4.69) is 12.2 Å². The molecule has 1 fully saturated rings. The summed E-state index contributed by atoms with van der Waals surface area (Å²) in [6.45, 7) is 5.25. The molecule has 1 atom stereocenters. The molecule has 1 heterocycles. The van der Waals surface area contributed by atoms with E-state index in [0.29, 0.717) is 6.54 Å². The van der Waals surface area contributed by atoms with Crippen molar-refractivity contribution in [2.24, 2.45) is 0 Å². The number of rotatable bonds is 3. The largest absolute Gasteiger partial charge is 0.313 e. The second kappa shape index (κ2) is 4.39. The first kappa shape index (κ1) is 10.9. The Morgan fingerprint density at radius 2 is 2.23 bits per heavy atom. The van der Waals surface area contributed by atoms with Crippen LogP contribution >= 0.6 is 0 Å². The smallest absolute Gasteiger partial charge is 0.164 e. The van der Waals surface area contributed by atoms with Gasteiger partial charge in [-0.25, -0.2) is 8.42 Å². The van der Waals surface area contributed by atoms with E-state index in [9.17, 15) is 8.42 Å². The van der Waals surface area contributed by atoms with Crippen molar-refractivity contribution >= 4 is 9.84 Å². The molecule has 4 nitrogen and oxygen atoms in total. The Kier molecular flexibility index (Phi) is 3.70. The Morgan fingerprint density at radius 3 is 2.77 bits per heavy atom. The number of hydrogen-bond acceptors (Lipinski definition) is 4. The number of nitrogens with one attached hydrogen (secondary N) is 1. The number of hydrogen-bond donors (Lipinski definition) is 1. The highest BCUT2D eigenvalue weighted by molar-refractivity contribution is 7.91. The first-order valence-electron chi connectivity index (χ1n) is 4.69. The maximum absolute atomic E-state index is 11.4. The van der Waals surface area contributed by atoms with E-state index in [-0.39, 0.29) is 5.37 Å². The molecule has 0 aromatic rings. The summed E-state index contributed by atoms with van der Waals surface area (Å²) in [6.07, 6.45) is 2.32. The molecule has 0 aliphatic carbocycles. The zero-order chi connectivity index (χ0) is 9.90. The van der Waals surface area contributed by atoms with Crippen molar-refractivity contribution in [3.8, 4) is 0 Å². The fraction of sp³-hybridized carbons (Fsp3) is 1.00. The first-order chi connectivity index (χ1) is 6.05. The molecule has 0 aromatic carbocycles. The zero-order valence-corrected chi connectivity index (χ0v) is 9.10. The van der Waals surface area contributed by atoms with Gasteiger partial charge in [-0.1, -0.05) is 6.92 Å². The second-order valence-electron chi connectivity index (χ2n) is 3.52. The summed E-state index contributed by atoms with van der Waals surface area (Å²) < 4.78 is 22.8. The molecule has 1 N–H and O–H groups in total. The van der Waals surface area contributed by atoms with Crippen molar-refractivity contribution < 1.29 is 8.42 Å². The van der Waals surface area contributed by atoms with Gasteiger partial charge in [-0.2, -0.15) is 0 Å². The van der Waals surface area contributed by atoms with Crippen molar-refractivity contribution in [3.05, 3.63) is 0 Å². The number of piperazine rings is 1. The van der Waals surface area contributed by atoms with Crippen LogP contribution in [0.25, 0.3) is 0 Å². The molecule has 13 heavy (non-hydrogen) atoms.